The molecule has 3 heterocycles. The summed E-state index contributed by atoms with van der Waals surface area (Å²) < 4.78 is 11.8. The molecule has 1 amide bonds. The van der Waals surface area contributed by atoms with Crippen LogP contribution in [0.4, 0.5) is 10.5 Å². The molecule has 1 fully saturated rings. The SMILES string of the molecule is COc1cccc(OC(=O)Nc2ccc3scc(C4=CCN5CCCC5C4)c3c2)c1. The Hall–Kier alpha value is -2.83. The van der Waals surface area contributed by atoms with E-state index in [2.05, 4.69) is 33.8 Å². The molecule has 6 heteroatoms. The van der Waals surface area contributed by atoms with Gasteiger partial charge in [-0.3, -0.25) is 10.2 Å². The van der Waals surface area contributed by atoms with Crippen LogP contribution < -0.4 is 14.8 Å². The predicted molar refractivity (Wildman–Crippen MR) is 122 cm³/mol. The van der Waals surface area contributed by atoms with E-state index in [-0.39, 0.29) is 0 Å². The van der Waals surface area contributed by atoms with Crippen molar-refractivity contribution in [2.75, 3.05) is 25.5 Å². The Labute approximate surface area is 179 Å². The van der Waals surface area contributed by atoms with Gasteiger partial charge in [0.25, 0.3) is 0 Å². The lowest BCUT2D eigenvalue weighted by atomic mass is 9.94. The Morgan fingerprint density at radius 2 is 2.10 bits per heavy atom. The lowest BCUT2D eigenvalue weighted by molar-refractivity contribution is 0.215. The molecule has 1 unspecified atom stereocenters. The minimum Gasteiger partial charge on any atom is -0.497 e. The summed E-state index contributed by atoms with van der Waals surface area (Å²) in [5.74, 6) is 1.09. The Kier molecular flexibility index (Phi) is 5.19. The van der Waals surface area contributed by atoms with E-state index in [1.54, 1.807) is 36.6 Å². The van der Waals surface area contributed by atoms with Crippen LogP contribution in [0.25, 0.3) is 15.7 Å². The van der Waals surface area contributed by atoms with Crippen LogP contribution in [0.5, 0.6) is 11.5 Å². The summed E-state index contributed by atoms with van der Waals surface area (Å²) in [5.41, 5.74) is 3.46. The van der Waals surface area contributed by atoms with Crippen molar-refractivity contribution in [2.24, 2.45) is 0 Å². The number of benzene rings is 2. The molecule has 5 nitrogen and oxygen atoms in total. The zero-order valence-corrected chi connectivity index (χ0v) is 17.7. The molecule has 1 aromatic heterocycles. The molecule has 0 radical (unpaired) electrons. The van der Waals surface area contributed by atoms with Gasteiger partial charge >= 0.3 is 6.09 Å². The molecule has 0 bridgehead atoms. The Bertz CT molecular complexity index is 1120. The molecule has 30 heavy (non-hydrogen) atoms. The number of rotatable bonds is 4. The molecular formula is C24H24N2O3S. The highest BCUT2D eigenvalue weighted by molar-refractivity contribution is 7.17. The predicted octanol–water partition coefficient (Wildman–Crippen LogP) is 5.77. The molecule has 1 atom stereocenters. The highest BCUT2D eigenvalue weighted by atomic mass is 32.1. The lowest BCUT2D eigenvalue weighted by Gasteiger charge is -2.29. The summed E-state index contributed by atoms with van der Waals surface area (Å²) in [7, 11) is 1.58. The summed E-state index contributed by atoms with van der Waals surface area (Å²) >= 11 is 1.75. The minimum absolute atomic E-state index is 0.442. The van der Waals surface area contributed by atoms with Crippen molar-refractivity contribution in [3.63, 3.8) is 0 Å². The van der Waals surface area contributed by atoms with Crippen molar-refractivity contribution >= 4 is 38.8 Å². The van der Waals surface area contributed by atoms with Gasteiger partial charge in [-0.2, -0.15) is 0 Å². The fourth-order valence-corrected chi connectivity index (χ4v) is 5.39. The van der Waals surface area contributed by atoms with Gasteiger partial charge in [-0.25, -0.2) is 4.79 Å². The summed E-state index contributed by atoms with van der Waals surface area (Å²) in [4.78, 5) is 15.0. The van der Waals surface area contributed by atoms with Gasteiger partial charge in [0.05, 0.1) is 7.11 Å². The van der Waals surface area contributed by atoms with Crippen molar-refractivity contribution in [2.45, 2.75) is 25.3 Å². The van der Waals surface area contributed by atoms with E-state index in [4.69, 9.17) is 9.47 Å². The Balaban J connectivity index is 1.34. The minimum atomic E-state index is -0.516. The molecule has 1 N–H and O–H groups in total. The number of hydrogen-bond donors (Lipinski definition) is 1. The molecule has 3 aromatic rings. The first-order chi connectivity index (χ1) is 14.7. The standard InChI is InChI=1S/C24H24N2O3S/c1-28-19-5-2-6-20(14-19)29-24(27)25-17-7-8-23-21(13-17)22(15-30-23)16-9-11-26-10-3-4-18(26)12-16/h2,5-9,13-15,18H,3-4,10-12H2,1H3,(H,25,27). The molecule has 2 aromatic carbocycles. The van der Waals surface area contributed by atoms with Gasteiger partial charge in [0.2, 0.25) is 0 Å². The van der Waals surface area contributed by atoms with Crippen LogP contribution in [0.3, 0.4) is 0 Å². The second-order valence-electron chi connectivity index (χ2n) is 7.78. The smallest absolute Gasteiger partial charge is 0.417 e. The van der Waals surface area contributed by atoms with Gasteiger partial charge < -0.3 is 9.47 Å². The first kappa shape index (κ1) is 19.2. The number of nitrogens with zero attached hydrogens (tertiary/aromatic N) is 1. The number of hydrogen-bond acceptors (Lipinski definition) is 5. The van der Waals surface area contributed by atoms with Crippen LogP contribution in [0, 0.1) is 0 Å². The van der Waals surface area contributed by atoms with Crippen molar-refractivity contribution in [1.29, 1.82) is 0 Å². The third-order valence-corrected chi connectivity index (χ3v) is 6.91. The largest absolute Gasteiger partial charge is 0.497 e. The highest BCUT2D eigenvalue weighted by Gasteiger charge is 2.28. The molecule has 0 aliphatic carbocycles. The highest BCUT2D eigenvalue weighted by Crippen LogP contribution is 2.38. The Morgan fingerprint density at radius 1 is 1.20 bits per heavy atom. The number of carbonyl (C=O) groups excluding carboxylic acids is 1. The van der Waals surface area contributed by atoms with E-state index in [1.165, 1.54) is 40.6 Å². The van der Waals surface area contributed by atoms with Crippen LogP contribution in [0.1, 0.15) is 24.8 Å². The molecular weight excluding hydrogens is 396 g/mol. The van der Waals surface area contributed by atoms with Gasteiger partial charge in [0, 0.05) is 34.4 Å². The van der Waals surface area contributed by atoms with Gasteiger partial charge in [-0.1, -0.05) is 12.1 Å². The third-order valence-electron chi connectivity index (χ3n) is 5.94. The van der Waals surface area contributed by atoms with Crippen molar-refractivity contribution in [1.82, 2.24) is 4.90 Å². The molecule has 1 saturated heterocycles. The first-order valence-electron chi connectivity index (χ1n) is 10.3. The quantitative estimate of drug-likeness (QED) is 0.582. The summed E-state index contributed by atoms with van der Waals surface area (Å²) in [6, 6.07) is 13.7. The van der Waals surface area contributed by atoms with Gasteiger partial charge in [-0.05, 0) is 72.7 Å². The number of ether oxygens (including phenoxy) is 2. The fraction of sp³-hybridized carbons (Fsp3) is 0.292. The van der Waals surface area contributed by atoms with E-state index in [0.29, 0.717) is 17.5 Å². The molecule has 0 saturated carbocycles. The van der Waals surface area contributed by atoms with E-state index in [0.717, 1.165) is 18.7 Å². The van der Waals surface area contributed by atoms with E-state index in [1.807, 2.05) is 12.1 Å². The second kappa shape index (κ2) is 8.13. The normalized spacial score (nSPS) is 18.7. The first-order valence-corrected chi connectivity index (χ1v) is 11.1. The zero-order valence-electron chi connectivity index (χ0n) is 16.9. The number of amides is 1. The molecule has 5 rings (SSSR count). The maximum atomic E-state index is 12.4. The molecule has 2 aliphatic rings. The van der Waals surface area contributed by atoms with Gasteiger partial charge in [-0.15, -0.1) is 11.3 Å². The third kappa shape index (κ3) is 3.80. The summed E-state index contributed by atoms with van der Waals surface area (Å²) in [5, 5.41) is 6.29. The monoisotopic (exact) mass is 420 g/mol. The number of methoxy groups -OCH3 is 1. The van der Waals surface area contributed by atoms with Crippen LogP contribution in [0.15, 0.2) is 53.9 Å². The maximum Gasteiger partial charge on any atom is 0.417 e. The van der Waals surface area contributed by atoms with Crippen molar-refractivity contribution in [3.8, 4) is 11.5 Å². The van der Waals surface area contributed by atoms with Crippen LogP contribution in [-0.4, -0.2) is 37.2 Å². The number of nitrogens with one attached hydrogen (secondary N) is 1. The van der Waals surface area contributed by atoms with Gasteiger partial charge in [0.15, 0.2) is 0 Å². The molecule has 154 valence electrons. The molecule has 0 spiro atoms. The summed E-state index contributed by atoms with van der Waals surface area (Å²) in [6.07, 6.45) is 5.57. The van der Waals surface area contributed by atoms with Crippen LogP contribution >= 0.6 is 11.3 Å². The topological polar surface area (TPSA) is 50.8 Å². The van der Waals surface area contributed by atoms with Gasteiger partial charge in [0.1, 0.15) is 11.5 Å². The van der Waals surface area contributed by atoms with Crippen molar-refractivity contribution < 1.29 is 14.3 Å². The average Bonchev–Trinajstić information content (AvgIpc) is 3.39. The van der Waals surface area contributed by atoms with Crippen molar-refractivity contribution in [3.05, 3.63) is 59.5 Å². The average molecular weight is 421 g/mol. The molecule has 2 aliphatic heterocycles. The van der Waals surface area contributed by atoms with E-state index >= 15 is 0 Å². The van der Waals surface area contributed by atoms with Crippen LogP contribution in [-0.2, 0) is 0 Å². The number of fused-ring (bicyclic) bond motifs is 2. The van der Waals surface area contributed by atoms with E-state index in [9.17, 15) is 4.79 Å². The number of thiophene rings is 1. The van der Waals surface area contributed by atoms with E-state index < -0.39 is 6.09 Å². The maximum absolute atomic E-state index is 12.4. The lowest BCUT2D eigenvalue weighted by Crippen LogP contribution is -2.32. The van der Waals surface area contributed by atoms with Crippen LogP contribution in [0.2, 0.25) is 0 Å². The Morgan fingerprint density at radius 3 is 3.00 bits per heavy atom. The second-order valence-corrected chi connectivity index (χ2v) is 8.69. The number of carbonyl (C=O) groups is 1. The fourth-order valence-electron chi connectivity index (χ4n) is 4.42. The number of anilines is 1. The summed E-state index contributed by atoms with van der Waals surface area (Å²) in [6.45, 7) is 2.27. The zero-order chi connectivity index (χ0) is 20.5.